The SMILES string of the molecule is CNc1nc(C)nc2c1ncn2[C@@H]1O[C@](F)(CO[P@](=O)(N[C@@H](C)C(=O)OC)Oc2ccccc2)[C@@H](O)[C@@]1(C)F. The van der Waals surface area contributed by atoms with Gasteiger partial charge in [0.25, 0.3) is 5.85 Å². The lowest BCUT2D eigenvalue weighted by Crippen LogP contribution is -2.47. The third-order valence-electron chi connectivity index (χ3n) is 6.06. The predicted octanol–water partition coefficient (Wildman–Crippen LogP) is 2.81. The van der Waals surface area contributed by atoms with Crippen LogP contribution >= 0.6 is 7.75 Å². The van der Waals surface area contributed by atoms with Gasteiger partial charge in [0.05, 0.1) is 13.4 Å². The molecule has 3 heterocycles. The van der Waals surface area contributed by atoms with E-state index < -0.39 is 50.2 Å². The Bertz CT molecular complexity index is 1390. The number of carbonyl (C=O) groups is 1. The summed E-state index contributed by atoms with van der Waals surface area (Å²) in [5, 5.41) is 15.9. The number of nitrogens with one attached hydrogen (secondary N) is 2. The minimum absolute atomic E-state index is 0.0691. The summed E-state index contributed by atoms with van der Waals surface area (Å²) < 4.78 is 67.4. The number of carbonyl (C=O) groups excluding carboxylic acids is 1. The minimum Gasteiger partial charge on any atom is -0.468 e. The number of aliphatic hydroxyl groups excluding tert-OH is 1. The molecule has 0 aliphatic carbocycles. The smallest absolute Gasteiger partial charge is 0.459 e. The molecule has 3 N–H and O–H groups in total. The first-order valence-corrected chi connectivity index (χ1v) is 13.4. The molecule has 0 amide bonds. The molecule has 1 aromatic carbocycles. The van der Waals surface area contributed by atoms with Crippen LogP contribution < -0.4 is 14.9 Å². The monoisotopic (exact) mass is 570 g/mol. The number of hydrogen-bond donors (Lipinski definition) is 3. The van der Waals surface area contributed by atoms with Gasteiger partial charge in [-0.05, 0) is 32.9 Å². The molecule has 2 aromatic heterocycles. The summed E-state index contributed by atoms with van der Waals surface area (Å²) >= 11 is 0. The van der Waals surface area contributed by atoms with Gasteiger partial charge in [0.2, 0.25) is 0 Å². The maximum absolute atomic E-state index is 16.1. The zero-order chi connectivity index (χ0) is 28.6. The quantitative estimate of drug-likeness (QED) is 0.242. The first kappa shape index (κ1) is 28.8. The topological polar surface area (TPSA) is 159 Å². The highest BCUT2D eigenvalue weighted by atomic mass is 31.2. The van der Waals surface area contributed by atoms with E-state index in [1.165, 1.54) is 25.4 Å². The number of hydrogen-bond acceptors (Lipinski definition) is 11. The molecular weight excluding hydrogens is 541 g/mol. The van der Waals surface area contributed by atoms with E-state index in [9.17, 15) is 14.5 Å². The number of benzene rings is 1. The maximum Gasteiger partial charge on any atom is 0.459 e. The lowest BCUT2D eigenvalue weighted by atomic mass is 9.97. The number of rotatable bonds is 10. The van der Waals surface area contributed by atoms with Crippen LogP contribution in [0.4, 0.5) is 14.6 Å². The van der Waals surface area contributed by atoms with Crippen molar-refractivity contribution in [2.24, 2.45) is 0 Å². The largest absolute Gasteiger partial charge is 0.468 e. The lowest BCUT2D eigenvalue weighted by molar-refractivity contribution is -0.202. The van der Waals surface area contributed by atoms with Crippen molar-refractivity contribution in [1.82, 2.24) is 24.6 Å². The second kappa shape index (κ2) is 10.7. The molecule has 0 radical (unpaired) electrons. The van der Waals surface area contributed by atoms with E-state index >= 15 is 8.78 Å². The van der Waals surface area contributed by atoms with Crippen LogP contribution in [-0.4, -0.2) is 75.0 Å². The summed E-state index contributed by atoms with van der Waals surface area (Å²) in [7, 11) is -1.78. The van der Waals surface area contributed by atoms with Gasteiger partial charge in [-0.2, -0.15) is 5.09 Å². The Kier molecular flexibility index (Phi) is 7.92. The highest BCUT2D eigenvalue weighted by molar-refractivity contribution is 7.52. The Morgan fingerprint density at radius 2 is 2.00 bits per heavy atom. The highest BCUT2D eigenvalue weighted by Crippen LogP contribution is 2.52. The highest BCUT2D eigenvalue weighted by Gasteiger charge is 2.65. The number of anilines is 1. The summed E-state index contributed by atoms with van der Waals surface area (Å²) in [5.41, 5.74) is -2.32. The van der Waals surface area contributed by atoms with Crippen LogP contribution in [0.5, 0.6) is 5.75 Å². The number of aromatic nitrogens is 4. The molecule has 6 atom stereocenters. The number of alkyl halides is 2. The fourth-order valence-corrected chi connectivity index (χ4v) is 5.59. The Labute approximate surface area is 222 Å². The molecular formula is C23H29F2N6O7P. The van der Waals surface area contributed by atoms with Crippen molar-refractivity contribution in [3.05, 3.63) is 42.5 Å². The van der Waals surface area contributed by atoms with Gasteiger partial charge < -0.3 is 24.4 Å². The third-order valence-corrected chi connectivity index (χ3v) is 7.69. The fraction of sp³-hybridized carbons (Fsp3) is 0.478. The van der Waals surface area contributed by atoms with Gasteiger partial charge >= 0.3 is 13.7 Å². The summed E-state index contributed by atoms with van der Waals surface area (Å²) in [4.78, 5) is 24.6. The summed E-state index contributed by atoms with van der Waals surface area (Å²) in [5.74, 6) is -3.25. The minimum atomic E-state index is -4.52. The number of halogens is 2. The molecule has 1 aliphatic heterocycles. The van der Waals surface area contributed by atoms with Gasteiger partial charge in [0, 0.05) is 7.05 Å². The van der Waals surface area contributed by atoms with E-state index in [0.29, 0.717) is 11.6 Å². The van der Waals surface area contributed by atoms with Gasteiger partial charge in [0.1, 0.15) is 24.2 Å². The number of aryl methyl sites for hydroxylation is 1. The Hall–Kier alpha value is -3.23. The Morgan fingerprint density at radius 1 is 1.31 bits per heavy atom. The van der Waals surface area contributed by atoms with E-state index in [0.717, 1.165) is 18.6 Å². The average molecular weight is 570 g/mol. The number of esters is 1. The van der Waals surface area contributed by atoms with Crippen molar-refractivity contribution in [3.8, 4) is 5.75 Å². The number of para-hydroxylation sites is 1. The van der Waals surface area contributed by atoms with E-state index in [2.05, 4.69) is 30.1 Å². The van der Waals surface area contributed by atoms with Crippen LogP contribution in [0.3, 0.4) is 0 Å². The second-order valence-electron chi connectivity index (χ2n) is 9.05. The molecule has 4 rings (SSSR count). The van der Waals surface area contributed by atoms with Crippen LogP contribution in [0.2, 0.25) is 0 Å². The molecule has 3 aromatic rings. The van der Waals surface area contributed by atoms with Gasteiger partial charge in [0.15, 0.2) is 35.0 Å². The van der Waals surface area contributed by atoms with E-state index in [1.54, 1.807) is 32.2 Å². The molecule has 1 saturated heterocycles. The van der Waals surface area contributed by atoms with Crippen LogP contribution in [-0.2, 0) is 23.4 Å². The number of fused-ring (bicyclic) bond motifs is 1. The van der Waals surface area contributed by atoms with Crippen LogP contribution in [0, 0.1) is 6.92 Å². The third kappa shape index (κ3) is 5.58. The van der Waals surface area contributed by atoms with Crippen LogP contribution in [0.1, 0.15) is 25.9 Å². The molecule has 0 unspecified atom stereocenters. The molecule has 0 spiro atoms. The number of imidazole rings is 1. The molecule has 1 aliphatic rings. The zero-order valence-electron chi connectivity index (χ0n) is 21.8. The van der Waals surface area contributed by atoms with Gasteiger partial charge in [-0.1, -0.05) is 18.2 Å². The van der Waals surface area contributed by atoms with Gasteiger partial charge in [-0.25, -0.2) is 28.3 Å². The van der Waals surface area contributed by atoms with Crippen molar-refractivity contribution in [1.29, 1.82) is 0 Å². The van der Waals surface area contributed by atoms with Crippen molar-refractivity contribution >= 4 is 30.7 Å². The first-order chi connectivity index (χ1) is 18.3. The molecule has 16 heteroatoms. The summed E-state index contributed by atoms with van der Waals surface area (Å²) in [6, 6.07) is 6.56. The standard InChI is InChI=1S/C23H29F2N6O7P/c1-13(19(32)35-5)30-39(34,38-15-9-7-6-8-10-15)36-11-23(25)20(33)22(3,24)21(37-23)31-12-27-16-17(26-4)28-14(2)29-18(16)31/h6-10,12-13,20-21,33H,11H2,1-5H3,(H,30,34)(H,26,28,29)/t13-,20-,21+,22+,23+,39+/m0/s1. The van der Waals surface area contributed by atoms with E-state index in [1.807, 2.05) is 0 Å². The van der Waals surface area contributed by atoms with Gasteiger partial charge in [-0.3, -0.25) is 13.9 Å². The molecule has 1 fully saturated rings. The molecule has 0 saturated carbocycles. The van der Waals surface area contributed by atoms with E-state index in [4.69, 9.17) is 13.8 Å². The Morgan fingerprint density at radius 3 is 2.64 bits per heavy atom. The van der Waals surface area contributed by atoms with E-state index in [-0.39, 0.29) is 16.9 Å². The maximum atomic E-state index is 16.1. The number of methoxy groups -OCH3 is 1. The predicted molar refractivity (Wildman–Crippen MR) is 134 cm³/mol. The molecule has 0 bridgehead atoms. The molecule has 212 valence electrons. The number of aliphatic hydroxyl groups is 1. The second-order valence-corrected chi connectivity index (χ2v) is 10.7. The Balaban J connectivity index is 1.62. The molecule has 39 heavy (non-hydrogen) atoms. The van der Waals surface area contributed by atoms with Crippen molar-refractivity contribution in [2.75, 3.05) is 26.1 Å². The molecule has 13 nitrogen and oxygen atoms in total. The summed E-state index contributed by atoms with van der Waals surface area (Å²) in [6.07, 6.45) is -2.96. The first-order valence-electron chi connectivity index (χ1n) is 11.8. The zero-order valence-corrected chi connectivity index (χ0v) is 22.7. The number of nitrogens with zero attached hydrogens (tertiary/aromatic N) is 4. The van der Waals surface area contributed by atoms with Crippen molar-refractivity contribution in [3.63, 3.8) is 0 Å². The number of ether oxygens (including phenoxy) is 2. The van der Waals surface area contributed by atoms with Crippen LogP contribution in [0.25, 0.3) is 11.2 Å². The lowest BCUT2D eigenvalue weighted by Gasteiger charge is -2.28. The van der Waals surface area contributed by atoms with Gasteiger partial charge in [-0.15, -0.1) is 0 Å². The summed E-state index contributed by atoms with van der Waals surface area (Å²) in [6.45, 7) is 2.64. The van der Waals surface area contributed by atoms with Crippen molar-refractivity contribution < 1.29 is 41.8 Å². The van der Waals surface area contributed by atoms with Crippen molar-refractivity contribution in [2.45, 2.75) is 50.7 Å². The average Bonchev–Trinajstić information content (AvgIpc) is 3.39. The van der Waals surface area contributed by atoms with Crippen LogP contribution in [0.15, 0.2) is 36.7 Å². The fourth-order valence-electron chi connectivity index (χ4n) is 4.08. The normalized spacial score (nSPS) is 27.2.